The molecule has 0 spiro atoms. The zero-order valence-electron chi connectivity index (χ0n) is 11.6. The molecule has 0 saturated carbocycles. The Morgan fingerprint density at radius 2 is 1.29 bits per heavy atom. The summed E-state index contributed by atoms with van der Waals surface area (Å²) in [4.78, 5) is 51.2. The fourth-order valence-corrected chi connectivity index (χ4v) is 0.934. The standard InChI is InChI=1S/C8H12N2O7.C2HF3O2/c9-3(1-5(11)12)7(15)10-4(8(16)17)2-6(13)14;3-2(4,5)1(6)7/h3-4H,1-2,9H2,(H,10,15)(H,11,12)(H,13,14)(H,16,17);(H,6,7)/t3-,4-;/m0./s1. The smallest absolute Gasteiger partial charge is 0.481 e. The number of amides is 1. The third-order valence-electron chi connectivity index (χ3n) is 1.97. The summed E-state index contributed by atoms with van der Waals surface area (Å²) >= 11 is 0. The molecule has 14 heteroatoms. The lowest BCUT2D eigenvalue weighted by molar-refractivity contribution is -0.192. The highest BCUT2D eigenvalue weighted by Gasteiger charge is 2.38. The maximum absolute atomic E-state index is 11.2. The first-order chi connectivity index (χ1) is 10.7. The quantitative estimate of drug-likeness (QED) is 0.308. The van der Waals surface area contributed by atoms with Crippen molar-refractivity contribution in [3.63, 3.8) is 0 Å². The number of carbonyl (C=O) groups is 5. The average Bonchev–Trinajstić information content (AvgIpc) is 2.35. The maximum atomic E-state index is 11.2. The van der Waals surface area contributed by atoms with Crippen LogP contribution in [0.4, 0.5) is 13.2 Å². The van der Waals surface area contributed by atoms with E-state index in [0.717, 1.165) is 0 Å². The minimum absolute atomic E-state index is 0.675. The molecule has 11 nitrogen and oxygen atoms in total. The topological polar surface area (TPSA) is 204 Å². The van der Waals surface area contributed by atoms with Crippen molar-refractivity contribution in [2.24, 2.45) is 5.73 Å². The van der Waals surface area contributed by atoms with Crippen LogP contribution in [-0.2, 0) is 24.0 Å². The van der Waals surface area contributed by atoms with Crippen LogP contribution in [0.15, 0.2) is 0 Å². The van der Waals surface area contributed by atoms with Gasteiger partial charge in [0.1, 0.15) is 6.04 Å². The Labute approximate surface area is 130 Å². The van der Waals surface area contributed by atoms with Crippen molar-refractivity contribution in [3.05, 3.63) is 0 Å². The van der Waals surface area contributed by atoms with E-state index in [4.69, 9.17) is 31.0 Å². The predicted molar refractivity (Wildman–Crippen MR) is 65.7 cm³/mol. The van der Waals surface area contributed by atoms with Crippen LogP contribution in [0.25, 0.3) is 0 Å². The van der Waals surface area contributed by atoms with Gasteiger partial charge in [-0.1, -0.05) is 0 Å². The van der Waals surface area contributed by atoms with E-state index in [1.165, 1.54) is 0 Å². The van der Waals surface area contributed by atoms with E-state index in [9.17, 15) is 32.3 Å². The second-order valence-electron chi connectivity index (χ2n) is 4.00. The van der Waals surface area contributed by atoms with Crippen molar-refractivity contribution >= 4 is 29.8 Å². The molecule has 0 heterocycles. The zero-order chi connectivity index (χ0) is 19.7. The highest BCUT2D eigenvalue weighted by Crippen LogP contribution is 2.13. The van der Waals surface area contributed by atoms with Crippen molar-refractivity contribution in [3.8, 4) is 0 Å². The molecule has 0 aromatic heterocycles. The maximum Gasteiger partial charge on any atom is 0.490 e. The SMILES string of the molecule is N[C@@H](CC(=O)O)C(=O)N[C@@H](CC(=O)O)C(=O)O.O=C(O)C(F)(F)F. The molecular formula is C10H13F3N2O9. The minimum atomic E-state index is -5.08. The van der Waals surface area contributed by atoms with Gasteiger partial charge in [-0.05, 0) is 0 Å². The van der Waals surface area contributed by atoms with Crippen molar-refractivity contribution in [2.45, 2.75) is 31.1 Å². The summed E-state index contributed by atoms with van der Waals surface area (Å²) in [6, 6.07) is -3.07. The van der Waals surface area contributed by atoms with Crippen LogP contribution >= 0.6 is 0 Å². The molecule has 24 heavy (non-hydrogen) atoms. The fourth-order valence-electron chi connectivity index (χ4n) is 0.934. The first-order valence-electron chi connectivity index (χ1n) is 5.70. The molecule has 0 unspecified atom stereocenters. The lowest BCUT2D eigenvalue weighted by Gasteiger charge is -2.15. The van der Waals surface area contributed by atoms with Gasteiger partial charge < -0.3 is 31.5 Å². The number of nitrogens with one attached hydrogen (secondary N) is 1. The van der Waals surface area contributed by atoms with Crippen molar-refractivity contribution in [1.82, 2.24) is 5.32 Å². The number of carboxylic acids is 4. The molecule has 0 aliphatic rings. The van der Waals surface area contributed by atoms with Gasteiger partial charge in [-0.25, -0.2) is 9.59 Å². The van der Waals surface area contributed by atoms with E-state index in [0.29, 0.717) is 0 Å². The highest BCUT2D eigenvalue weighted by atomic mass is 19.4. The number of alkyl halides is 3. The van der Waals surface area contributed by atoms with Gasteiger partial charge in [0.05, 0.1) is 18.9 Å². The van der Waals surface area contributed by atoms with E-state index in [1.54, 1.807) is 0 Å². The van der Waals surface area contributed by atoms with Gasteiger partial charge >= 0.3 is 30.1 Å². The van der Waals surface area contributed by atoms with E-state index in [2.05, 4.69) is 0 Å². The molecule has 7 N–H and O–H groups in total. The molecular weight excluding hydrogens is 349 g/mol. The van der Waals surface area contributed by atoms with E-state index in [-0.39, 0.29) is 0 Å². The molecule has 138 valence electrons. The number of carboxylic acid groups (broad SMARTS) is 4. The van der Waals surface area contributed by atoms with Gasteiger partial charge in [-0.2, -0.15) is 13.2 Å². The average molecular weight is 362 g/mol. The first-order valence-corrected chi connectivity index (χ1v) is 5.70. The van der Waals surface area contributed by atoms with Crippen LogP contribution < -0.4 is 11.1 Å². The Morgan fingerprint density at radius 1 is 0.917 bits per heavy atom. The van der Waals surface area contributed by atoms with Gasteiger partial charge in [-0.3, -0.25) is 14.4 Å². The molecule has 0 rings (SSSR count). The van der Waals surface area contributed by atoms with E-state index in [1.807, 2.05) is 5.32 Å². The normalized spacial score (nSPS) is 12.8. The van der Waals surface area contributed by atoms with Crippen LogP contribution in [0.3, 0.4) is 0 Å². The second-order valence-corrected chi connectivity index (χ2v) is 4.00. The molecule has 2 atom stereocenters. The summed E-state index contributed by atoms with van der Waals surface area (Å²) in [6.45, 7) is 0. The number of hydrogen-bond acceptors (Lipinski definition) is 6. The molecule has 1 amide bonds. The number of hydrogen-bond donors (Lipinski definition) is 6. The molecule has 0 fully saturated rings. The Morgan fingerprint density at radius 3 is 1.54 bits per heavy atom. The number of nitrogens with two attached hydrogens (primary N) is 1. The van der Waals surface area contributed by atoms with Gasteiger partial charge in [-0.15, -0.1) is 0 Å². The lowest BCUT2D eigenvalue weighted by atomic mass is 10.1. The summed E-state index contributed by atoms with van der Waals surface area (Å²) in [5.41, 5.74) is 5.16. The molecule has 0 aliphatic heterocycles. The highest BCUT2D eigenvalue weighted by molar-refractivity contribution is 5.90. The number of halogens is 3. The number of rotatable bonds is 7. The largest absolute Gasteiger partial charge is 0.490 e. The van der Waals surface area contributed by atoms with Gasteiger partial charge in [0.15, 0.2) is 0 Å². The lowest BCUT2D eigenvalue weighted by Crippen LogP contribution is -2.49. The number of carbonyl (C=O) groups excluding carboxylic acids is 1. The Hall–Kier alpha value is -2.90. The van der Waals surface area contributed by atoms with Gasteiger partial charge in [0.2, 0.25) is 5.91 Å². The van der Waals surface area contributed by atoms with Gasteiger partial charge in [0, 0.05) is 0 Å². The monoisotopic (exact) mass is 362 g/mol. The van der Waals surface area contributed by atoms with Crippen LogP contribution in [-0.4, -0.2) is 68.5 Å². The van der Waals surface area contributed by atoms with Crippen molar-refractivity contribution < 1.29 is 57.6 Å². The third kappa shape index (κ3) is 11.7. The van der Waals surface area contributed by atoms with Crippen LogP contribution in [0.1, 0.15) is 12.8 Å². The summed E-state index contributed by atoms with van der Waals surface area (Å²) in [7, 11) is 0. The molecule has 0 aromatic carbocycles. The Balaban J connectivity index is 0. The summed E-state index contributed by atoms with van der Waals surface area (Å²) in [6.07, 6.45) is -6.58. The molecule has 0 aliphatic carbocycles. The molecule has 0 bridgehead atoms. The zero-order valence-corrected chi connectivity index (χ0v) is 11.6. The number of aliphatic carboxylic acids is 4. The molecule has 0 aromatic rings. The third-order valence-corrected chi connectivity index (χ3v) is 1.97. The Bertz CT molecular complexity index is 506. The fraction of sp³-hybridized carbons (Fsp3) is 0.500. The first kappa shape index (κ1) is 23.4. The van der Waals surface area contributed by atoms with Crippen LogP contribution in [0.5, 0.6) is 0 Å². The van der Waals surface area contributed by atoms with Crippen molar-refractivity contribution in [2.75, 3.05) is 0 Å². The Kier molecular flexibility index (Phi) is 9.72. The minimum Gasteiger partial charge on any atom is -0.481 e. The van der Waals surface area contributed by atoms with Gasteiger partial charge in [0.25, 0.3) is 0 Å². The van der Waals surface area contributed by atoms with Crippen LogP contribution in [0, 0.1) is 0 Å². The second kappa shape index (κ2) is 9.98. The summed E-state index contributed by atoms with van der Waals surface area (Å²) in [5, 5.41) is 34.3. The van der Waals surface area contributed by atoms with Crippen LogP contribution in [0.2, 0.25) is 0 Å². The van der Waals surface area contributed by atoms with E-state index >= 15 is 0 Å². The molecule has 0 saturated heterocycles. The molecule has 0 radical (unpaired) electrons. The van der Waals surface area contributed by atoms with Crippen molar-refractivity contribution in [1.29, 1.82) is 0 Å². The summed E-state index contributed by atoms with van der Waals surface area (Å²) < 4.78 is 31.7. The van der Waals surface area contributed by atoms with E-state index < -0.39 is 60.9 Å². The predicted octanol–water partition coefficient (Wildman–Crippen LogP) is -1.53. The summed E-state index contributed by atoms with van der Waals surface area (Å²) in [5.74, 6) is -8.06.